The summed E-state index contributed by atoms with van der Waals surface area (Å²) < 4.78 is 32.0. The second kappa shape index (κ2) is 9.91. The third-order valence-electron chi connectivity index (χ3n) is 4.64. The Bertz CT molecular complexity index is 831. The van der Waals surface area contributed by atoms with Gasteiger partial charge in [-0.05, 0) is 50.8 Å². The molecule has 1 aliphatic rings. The highest BCUT2D eigenvalue weighted by molar-refractivity contribution is 7.89. The van der Waals surface area contributed by atoms with E-state index in [0.29, 0.717) is 6.54 Å². The van der Waals surface area contributed by atoms with Crippen LogP contribution in [0.1, 0.15) is 39.5 Å². The van der Waals surface area contributed by atoms with Crippen LogP contribution in [0.2, 0.25) is 10.0 Å². The largest absolute Gasteiger partial charge is 0.454 e. The number of rotatable bonds is 7. The highest BCUT2D eigenvalue weighted by atomic mass is 35.5. The number of carbonyl (C=O) groups is 2. The molecular weight excluding hydrogens is 427 g/mol. The molecule has 2 rings (SSSR count). The van der Waals surface area contributed by atoms with Crippen molar-refractivity contribution in [3.8, 4) is 0 Å². The number of amides is 1. The van der Waals surface area contributed by atoms with E-state index in [0.717, 1.165) is 25.7 Å². The lowest BCUT2D eigenvalue weighted by molar-refractivity contribution is -0.154. The average molecular weight is 451 g/mol. The summed E-state index contributed by atoms with van der Waals surface area (Å²) in [5.74, 6) is -1.10. The molecule has 1 N–H and O–H groups in total. The summed E-state index contributed by atoms with van der Waals surface area (Å²) in [7, 11) is -4.00. The van der Waals surface area contributed by atoms with Gasteiger partial charge >= 0.3 is 5.97 Å². The van der Waals surface area contributed by atoms with Gasteiger partial charge in [-0.3, -0.25) is 9.59 Å². The number of piperidine rings is 1. The summed E-state index contributed by atoms with van der Waals surface area (Å²) in [6, 6.07) is 2.80. The van der Waals surface area contributed by atoms with Crippen LogP contribution in [0.15, 0.2) is 23.1 Å². The third-order valence-corrected chi connectivity index (χ3v) is 6.92. The number of hydrogen-bond acceptors (Lipinski definition) is 5. The van der Waals surface area contributed by atoms with E-state index >= 15 is 0 Å². The number of sulfonamides is 1. The first-order chi connectivity index (χ1) is 13.2. The Morgan fingerprint density at radius 2 is 2.00 bits per heavy atom. The van der Waals surface area contributed by atoms with E-state index < -0.39 is 28.6 Å². The van der Waals surface area contributed by atoms with Gasteiger partial charge in [0.2, 0.25) is 10.0 Å². The Labute approximate surface area is 175 Å². The zero-order valence-corrected chi connectivity index (χ0v) is 18.1. The number of nitrogens with one attached hydrogen (secondary N) is 1. The lowest BCUT2D eigenvalue weighted by Crippen LogP contribution is -2.46. The van der Waals surface area contributed by atoms with Gasteiger partial charge in [0, 0.05) is 12.6 Å². The van der Waals surface area contributed by atoms with Gasteiger partial charge in [-0.1, -0.05) is 30.1 Å². The fraction of sp³-hybridized carbons (Fsp3) is 0.556. The molecule has 1 heterocycles. The van der Waals surface area contributed by atoms with E-state index in [4.69, 9.17) is 27.9 Å². The van der Waals surface area contributed by atoms with Crippen molar-refractivity contribution in [1.29, 1.82) is 0 Å². The monoisotopic (exact) mass is 450 g/mol. The molecule has 1 fully saturated rings. The van der Waals surface area contributed by atoms with Crippen LogP contribution in [0.25, 0.3) is 0 Å². The minimum absolute atomic E-state index is 0.0809. The number of halogens is 2. The van der Waals surface area contributed by atoms with E-state index in [1.807, 2.05) is 6.92 Å². The quantitative estimate of drug-likeness (QED) is 0.644. The van der Waals surface area contributed by atoms with Crippen LogP contribution < -0.4 is 4.72 Å². The third kappa shape index (κ3) is 5.83. The number of likely N-dealkylation sites (tertiary alicyclic amines) is 1. The molecule has 28 heavy (non-hydrogen) atoms. The summed E-state index contributed by atoms with van der Waals surface area (Å²) in [5, 5.41) is 0.298. The van der Waals surface area contributed by atoms with Crippen LogP contribution in [-0.4, -0.2) is 50.4 Å². The van der Waals surface area contributed by atoms with E-state index in [-0.39, 0.29) is 26.9 Å². The topological polar surface area (TPSA) is 92.8 Å². The molecule has 0 aromatic heterocycles. The van der Waals surface area contributed by atoms with Crippen molar-refractivity contribution in [3.63, 3.8) is 0 Å². The molecule has 0 radical (unpaired) electrons. The van der Waals surface area contributed by atoms with Gasteiger partial charge in [0.05, 0.1) is 14.9 Å². The number of carbonyl (C=O) groups excluding carboxylic acids is 2. The Hall–Kier alpha value is -1.35. The molecule has 1 amide bonds. The maximum absolute atomic E-state index is 12.4. The molecular formula is C18H24Cl2N2O5S. The highest BCUT2D eigenvalue weighted by Gasteiger charge is 2.28. The lowest BCUT2D eigenvalue weighted by Gasteiger charge is -2.35. The molecule has 1 aromatic carbocycles. The second-order valence-corrected chi connectivity index (χ2v) is 9.20. The normalized spacial score (nSPS) is 18.6. The van der Waals surface area contributed by atoms with Gasteiger partial charge in [-0.25, -0.2) is 8.42 Å². The van der Waals surface area contributed by atoms with Crippen molar-refractivity contribution < 1.29 is 22.7 Å². The van der Waals surface area contributed by atoms with E-state index in [1.54, 1.807) is 4.90 Å². The van der Waals surface area contributed by atoms with Crippen molar-refractivity contribution in [3.05, 3.63) is 28.2 Å². The van der Waals surface area contributed by atoms with Gasteiger partial charge in [0.25, 0.3) is 5.91 Å². The molecule has 2 atom stereocenters. The van der Waals surface area contributed by atoms with Gasteiger partial charge in [0.15, 0.2) is 6.61 Å². The maximum Gasteiger partial charge on any atom is 0.324 e. The summed E-state index contributed by atoms with van der Waals surface area (Å²) in [4.78, 5) is 26.1. The van der Waals surface area contributed by atoms with Crippen LogP contribution in [-0.2, 0) is 24.3 Å². The number of hydrogen-bond donors (Lipinski definition) is 1. The standard InChI is InChI=1S/C18H24Cl2N2O5S/c1-3-13-6-4-5-9-22(13)17(23)11-27-18(24)12(2)21-28(25,26)14-7-8-15(19)16(20)10-14/h7-8,10,12-13,21H,3-6,9,11H2,1-2H3/t12-,13?/m0/s1. The van der Waals surface area contributed by atoms with Gasteiger partial charge in [0.1, 0.15) is 6.04 Å². The van der Waals surface area contributed by atoms with Crippen molar-refractivity contribution in [2.45, 2.75) is 56.5 Å². The molecule has 0 aliphatic carbocycles. The predicted molar refractivity (Wildman–Crippen MR) is 107 cm³/mol. The first kappa shape index (κ1) is 22.9. The molecule has 1 aromatic rings. The first-order valence-electron chi connectivity index (χ1n) is 9.09. The minimum atomic E-state index is -4.00. The summed E-state index contributed by atoms with van der Waals surface area (Å²) in [6.45, 7) is 3.60. The Morgan fingerprint density at radius 1 is 1.29 bits per heavy atom. The van der Waals surface area contributed by atoms with Gasteiger partial charge < -0.3 is 9.64 Å². The number of nitrogens with zero attached hydrogens (tertiary/aromatic N) is 1. The van der Waals surface area contributed by atoms with Crippen LogP contribution in [0.5, 0.6) is 0 Å². The number of benzene rings is 1. The molecule has 7 nitrogen and oxygen atoms in total. The molecule has 0 saturated carbocycles. The predicted octanol–water partition coefficient (Wildman–Crippen LogP) is 2.99. The smallest absolute Gasteiger partial charge is 0.324 e. The van der Waals surface area contributed by atoms with Crippen LogP contribution in [0.4, 0.5) is 0 Å². The number of esters is 1. The van der Waals surface area contributed by atoms with Crippen molar-refractivity contribution in [2.24, 2.45) is 0 Å². The molecule has 0 spiro atoms. The SMILES string of the molecule is CCC1CCCCN1C(=O)COC(=O)[C@H](C)NS(=O)(=O)c1ccc(Cl)c(Cl)c1. The highest BCUT2D eigenvalue weighted by Crippen LogP contribution is 2.25. The Kier molecular flexibility index (Phi) is 8.12. The minimum Gasteiger partial charge on any atom is -0.454 e. The zero-order chi connectivity index (χ0) is 20.9. The van der Waals surface area contributed by atoms with Gasteiger partial charge in [-0.2, -0.15) is 4.72 Å². The zero-order valence-electron chi connectivity index (χ0n) is 15.8. The Morgan fingerprint density at radius 3 is 2.64 bits per heavy atom. The van der Waals surface area contributed by atoms with Crippen molar-refractivity contribution in [1.82, 2.24) is 9.62 Å². The summed E-state index contributed by atoms with van der Waals surface area (Å²) >= 11 is 11.6. The van der Waals surface area contributed by atoms with Crippen molar-refractivity contribution >= 4 is 45.1 Å². The van der Waals surface area contributed by atoms with Crippen LogP contribution in [0, 0.1) is 0 Å². The van der Waals surface area contributed by atoms with Crippen LogP contribution in [0.3, 0.4) is 0 Å². The lowest BCUT2D eigenvalue weighted by atomic mass is 10.00. The molecule has 0 bridgehead atoms. The fourth-order valence-corrected chi connectivity index (χ4v) is 4.67. The Balaban J connectivity index is 1.93. The maximum atomic E-state index is 12.4. The van der Waals surface area contributed by atoms with E-state index in [1.165, 1.54) is 25.1 Å². The molecule has 10 heteroatoms. The number of ether oxygens (including phenoxy) is 1. The molecule has 156 valence electrons. The molecule has 1 aliphatic heterocycles. The molecule has 1 unspecified atom stereocenters. The first-order valence-corrected chi connectivity index (χ1v) is 11.3. The average Bonchev–Trinajstić information content (AvgIpc) is 2.67. The summed E-state index contributed by atoms with van der Waals surface area (Å²) in [6.07, 6.45) is 3.79. The van der Waals surface area contributed by atoms with Crippen LogP contribution >= 0.6 is 23.2 Å². The van der Waals surface area contributed by atoms with E-state index in [2.05, 4.69) is 4.72 Å². The molecule has 1 saturated heterocycles. The summed E-state index contributed by atoms with van der Waals surface area (Å²) in [5.41, 5.74) is 0. The second-order valence-electron chi connectivity index (χ2n) is 6.67. The van der Waals surface area contributed by atoms with Gasteiger partial charge in [-0.15, -0.1) is 0 Å². The fourth-order valence-electron chi connectivity index (χ4n) is 3.09. The van der Waals surface area contributed by atoms with E-state index in [9.17, 15) is 18.0 Å². The van der Waals surface area contributed by atoms with Crippen molar-refractivity contribution in [2.75, 3.05) is 13.2 Å².